The van der Waals surface area contributed by atoms with Crippen molar-refractivity contribution in [2.45, 2.75) is 13.5 Å². The average molecular weight is 384 g/mol. The molecular weight excluding hydrogens is 365 g/mol. The highest BCUT2D eigenvalue weighted by Crippen LogP contribution is 2.39. The van der Waals surface area contributed by atoms with E-state index in [1.54, 1.807) is 48.5 Å². The van der Waals surface area contributed by atoms with E-state index in [4.69, 9.17) is 4.74 Å². The van der Waals surface area contributed by atoms with Crippen LogP contribution < -0.4 is 9.47 Å². The second kappa shape index (κ2) is 8.65. The van der Waals surface area contributed by atoms with Crippen LogP contribution in [0.2, 0.25) is 0 Å². The molecule has 5 heteroatoms. The molecule has 0 amide bonds. The molecule has 0 aliphatic heterocycles. The molecule has 0 saturated carbocycles. The molecule has 0 saturated heterocycles. The highest BCUT2D eigenvalue weighted by Gasteiger charge is 2.19. The van der Waals surface area contributed by atoms with E-state index < -0.39 is 12.4 Å². The fraction of sp³-hybridized carbons (Fsp3) is 0.130. The summed E-state index contributed by atoms with van der Waals surface area (Å²) in [5.74, 6) is -0.255. The Kier molecular flexibility index (Phi) is 6.04. The zero-order chi connectivity index (χ0) is 20.1. The number of halogens is 3. The lowest BCUT2D eigenvalue weighted by molar-refractivity contribution is -0.0494. The van der Waals surface area contributed by atoms with Crippen LogP contribution in [-0.2, 0) is 0 Å². The number of hydrogen-bond donors (Lipinski definition) is 0. The first-order chi connectivity index (χ1) is 13.5. The van der Waals surface area contributed by atoms with Gasteiger partial charge in [0.1, 0.15) is 23.9 Å². The molecule has 0 unspecified atom stereocenters. The Bertz CT molecular complexity index is 1010. The molecule has 3 aromatic rings. The summed E-state index contributed by atoms with van der Waals surface area (Å²) in [6.45, 7) is 2.70. The van der Waals surface area contributed by atoms with Gasteiger partial charge in [-0.3, -0.25) is 0 Å². The zero-order valence-electron chi connectivity index (χ0n) is 15.3. The third kappa shape index (κ3) is 4.19. The van der Waals surface area contributed by atoms with Gasteiger partial charge in [0.05, 0.1) is 5.56 Å². The summed E-state index contributed by atoms with van der Waals surface area (Å²) in [4.78, 5) is 0. The summed E-state index contributed by atoms with van der Waals surface area (Å²) in [6, 6.07) is 13.1. The van der Waals surface area contributed by atoms with Crippen molar-refractivity contribution in [1.82, 2.24) is 0 Å². The molecule has 0 fully saturated rings. The van der Waals surface area contributed by atoms with Gasteiger partial charge in [-0.25, -0.2) is 4.39 Å². The standard InChI is InChI=1S/C23H19F3O2/c1-3-5-15-6-11-19-17(13-15)14-20(28-23(25)26)21(22(19)24)16-7-9-18(10-8-16)27-12-4-2/h3-11,13-14,23H,2,12H2,1H3/b5-3+. The predicted molar refractivity (Wildman–Crippen MR) is 106 cm³/mol. The van der Waals surface area contributed by atoms with Gasteiger partial charge in [0.15, 0.2) is 0 Å². The molecular formula is C23H19F3O2. The van der Waals surface area contributed by atoms with Crippen molar-refractivity contribution in [2.24, 2.45) is 0 Å². The molecule has 0 heterocycles. The van der Waals surface area contributed by atoms with Gasteiger partial charge in [0.2, 0.25) is 0 Å². The van der Waals surface area contributed by atoms with Crippen LogP contribution in [0.4, 0.5) is 13.2 Å². The third-order valence-electron chi connectivity index (χ3n) is 4.15. The molecule has 3 rings (SSSR count). The van der Waals surface area contributed by atoms with Crippen LogP contribution in [0.25, 0.3) is 28.0 Å². The molecule has 3 aromatic carbocycles. The van der Waals surface area contributed by atoms with Crippen LogP contribution in [-0.4, -0.2) is 13.2 Å². The SMILES string of the molecule is C=CCOc1ccc(-c2c(OC(F)F)cc3cc(/C=C/C)ccc3c2F)cc1. The van der Waals surface area contributed by atoms with E-state index in [1.807, 2.05) is 19.1 Å². The monoisotopic (exact) mass is 384 g/mol. The minimum atomic E-state index is -3.07. The Morgan fingerprint density at radius 1 is 1.07 bits per heavy atom. The largest absolute Gasteiger partial charge is 0.490 e. The van der Waals surface area contributed by atoms with Gasteiger partial charge in [0.25, 0.3) is 0 Å². The lowest BCUT2D eigenvalue weighted by Gasteiger charge is -2.15. The Balaban J connectivity index is 2.14. The van der Waals surface area contributed by atoms with Crippen LogP contribution in [0.5, 0.6) is 11.5 Å². The van der Waals surface area contributed by atoms with Crippen molar-refractivity contribution in [3.05, 3.63) is 78.6 Å². The lowest BCUT2D eigenvalue weighted by atomic mass is 9.97. The normalized spacial score (nSPS) is 11.3. The second-order valence-electron chi connectivity index (χ2n) is 6.05. The van der Waals surface area contributed by atoms with Gasteiger partial charge in [-0.15, -0.1) is 0 Å². The Hall–Kier alpha value is -3.21. The first-order valence-corrected chi connectivity index (χ1v) is 8.71. The first kappa shape index (κ1) is 19.5. The van der Waals surface area contributed by atoms with E-state index in [0.29, 0.717) is 28.7 Å². The molecule has 0 aliphatic carbocycles. The van der Waals surface area contributed by atoms with E-state index in [0.717, 1.165) is 5.56 Å². The zero-order valence-corrected chi connectivity index (χ0v) is 15.3. The maximum absolute atomic E-state index is 15.3. The molecule has 0 aromatic heterocycles. The molecule has 28 heavy (non-hydrogen) atoms. The summed E-state index contributed by atoms with van der Waals surface area (Å²) < 4.78 is 51.3. The van der Waals surface area contributed by atoms with Gasteiger partial charge in [0, 0.05) is 5.39 Å². The fourth-order valence-corrected chi connectivity index (χ4v) is 2.98. The number of ether oxygens (including phenoxy) is 2. The summed E-state index contributed by atoms with van der Waals surface area (Å²) in [7, 11) is 0. The predicted octanol–water partition coefficient (Wildman–Crippen LogP) is 6.85. The van der Waals surface area contributed by atoms with Gasteiger partial charge in [-0.05, 0) is 47.7 Å². The van der Waals surface area contributed by atoms with Gasteiger partial charge >= 0.3 is 6.61 Å². The van der Waals surface area contributed by atoms with E-state index in [9.17, 15) is 8.78 Å². The van der Waals surface area contributed by atoms with Crippen LogP contribution >= 0.6 is 0 Å². The van der Waals surface area contributed by atoms with Crippen molar-refractivity contribution in [3.8, 4) is 22.6 Å². The van der Waals surface area contributed by atoms with Crippen LogP contribution in [0.15, 0.2) is 67.3 Å². The first-order valence-electron chi connectivity index (χ1n) is 8.71. The lowest BCUT2D eigenvalue weighted by Crippen LogP contribution is -2.05. The Morgan fingerprint density at radius 2 is 1.82 bits per heavy atom. The number of fused-ring (bicyclic) bond motifs is 1. The van der Waals surface area contributed by atoms with Gasteiger partial charge < -0.3 is 9.47 Å². The van der Waals surface area contributed by atoms with E-state index in [-0.39, 0.29) is 11.3 Å². The van der Waals surface area contributed by atoms with Crippen molar-refractivity contribution in [1.29, 1.82) is 0 Å². The highest BCUT2D eigenvalue weighted by molar-refractivity contribution is 5.93. The van der Waals surface area contributed by atoms with E-state index in [2.05, 4.69) is 11.3 Å². The van der Waals surface area contributed by atoms with Crippen LogP contribution in [0.1, 0.15) is 12.5 Å². The van der Waals surface area contributed by atoms with Crippen molar-refractivity contribution >= 4 is 16.8 Å². The topological polar surface area (TPSA) is 18.5 Å². The van der Waals surface area contributed by atoms with Crippen molar-refractivity contribution in [2.75, 3.05) is 6.61 Å². The number of alkyl halides is 2. The quantitative estimate of drug-likeness (QED) is 0.415. The third-order valence-corrected chi connectivity index (χ3v) is 4.15. The molecule has 2 nitrogen and oxygen atoms in total. The summed E-state index contributed by atoms with van der Waals surface area (Å²) in [5.41, 5.74) is 1.24. The minimum absolute atomic E-state index is 0.0122. The van der Waals surface area contributed by atoms with Gasteiger partial charge in [-0.1, -0.05) is 49.1 Å². The minimum Gasteiger partial charge on any atom is -0.490 e. The van der Waals surface area contributed by atoms with Crippen LogP contribution in [0, 0.1) is 5.82 Å². The van der Waals surface area contributed by atoms with Crippen molar-refractivity contribution < 1.29 is 22.6 Å². The molecule has 0 spiro atoms. The molecule has 0 atom stereocenters. The summed E-state index contributed by atoms with van der Waals surface area (Å²) in [5, 5.41) is 0.815. The molecule has 0 N–H and O–H groups in total. The number of allylic oxidation sites excluding steroid dienone is 1. The molecule has 0 aliphatic rings. The maximum Gasteiger partial charge on any atom is 0.387 e. The Labute approximate surface area is 161 Å². The summed E-state index contributed by atoms with van der Waals surface area (Å²) >= 11 is 0. The number of rotatable bonds is 7. The van der Waals surface area contributed by atoms with E-state index in [1.165, 1.54) is 6.07 Å². The molecule has 0 radical (unpaired) electrons. The second-order valence-corrected chi connectivity index (χ2v) is 6.05. The average Bonchev–Trinajstić information content (AvgIpc) is 2.67. The van der Waals surface area contributed by atoms with Gasteiger partial charge in [-0.2, -0.15) is 8.78 Å². The molecule has 0 bridgehead atoms. The van der Waals surface area contributed by atoms with Crippen LogP contribution in [0.3, 0.4) is 0 Å². The number of hydrogen-bond acceptors (Lipinski definition) is 2. The van der Waals surface area contributed by atoms with Crippen molar-refractivity contribution in [3.63, 3.8) is 0 Å². The highest BCUT2D eigenvalue weighted by atomic mass is 19.3. The molecule has 144 valence electrons. The number of benzene rings is 3. The van der Waals surface area contributed by atoms with E-state index >= 15 is 4.39 Å². The maximum atomic E-state index is 15.3. The summed E-state index contributed by atoms with van der Waals surface area (Å²) in [6.07, 6.45) is 5.30. The fourth-order valence-electron chi connectivity index (χ4n) is 2.98. The Morgan fingerprint density at radius 3 is 2.46 bits per heavy atom. The smallest absolute Gasteiger partial charge is 0.387 e.